The molecular weight excluding hydrogens is 253 g/mol. The Hall–Kier alpha value is -2.25. The van der Waals surface area contributed by atoms with Crippen molar-refractivity contribution in [3.05, 3.63) is 52.8 Å². The van der Waals surface area contributed by atoms with Gasteiger partial charge in [-0.3, -0.25) is 0 Å². The topological polar surface area (TPSA) is 61.8 Å². The second-order valence-electron chi connectivity index (χ2n) is 3.66. The van der Waals surface area contributed by atoms with Gasteiger partial charge < -0.3 is 11.1 Å². The van der Waals surface area contributed by atoms with Crippen molar-refractivity contribution in [3.8, 4) is 6.07 Å². The maximum Gasteiger partial charge on any atom is 0.125 e. The lowest BCUT2D eigenvalue weighted by Crippen LogP contribution is -1.95. The molecule has 2 aromatic rings. The Morgan fingerprint density at radius 3 is 2.67 bits per heavy atom. The van der Waals surface area contributed by atoms with E-state index in [-0.39, 0.29) is 5.82 Å². The van der Waals surface area contributed by atoms with Crippen LogP contribution in [0, 0.1) is 17.1 Å². The quantitative estimate of drug-likeness (QED) is 0.811. The molecule has 0 aliphatic heterocycles. The minimum Gasteiger partial charge on any atom is -0.398 e. The fraction of sp³-hybridized carbons (Fsp3) is 0. The number of nitrogens with two attached hydrogens (primary N) is 1. The Morgan fingerprint density at radius 1 is 1.22 bits per heavy atom. The molecule has 0 aromatic heterocycles. The van der Waals surface area contributed by atoms with Crippen LogP contribution in [0.25, 0.3) is 0 Å². The van der Waals surface area contributed by atoms with Crippen molar-refractivity contribution < 1.29 is 4.39 Å². The molecule has 5 heteroatoms. The molecular formula is C13H9ClFN3. The normalized spacial score (nSPS) is 9.83. The Morgan fingerprint density at radius 2 is 2.00 bits per heavy atom. The Bertz CT molecular complexity index is 635. The smallest absolute Gasteiger partial charge is 0.125 e. The molecule has 90 valence electrons. The van der Waals surface area contributed by atoms with Crippen LogP contribution in [0.15, 0.2) is 36.4 Å². The number of nitrogens with zero attached hydrogens (tertiary/aromatic N) is 1. The number of nitrogen functional groups attached to an aromatic ring is 1. The third kappa shape index (κ3) is 2.53. The summed E-state index contributed by atoms with van der Waals surface area (Å²) in [6.45, 7) is 0. The van der Waals surface area contributed by atoms with Crippen LogP contribution in [0.5, 0.6) is 0 Å². The summed E-state index contributed by atoms with van der Waals surface area (Å²) < 4.78 is 13.1. The molecule has 0 heterocycles. The maximum absolute atomic E-state index is 13.1. The van der Waals surface area contributed by atoms with Gasteiger partial charge in [0.05, 0.1) is 22.0 Å². The van der Waals surface area contributed by atoms with E-state index in [2.05, 4.69) is 5.32 Å². The van der Waals surface area contributed by atoms with Crippen molar-refractivity contribution in [1.29, 1.82) is 5.26 Å². The molecule has 0 saturated carbocycles. The van der Waals surface area contributed by atoms with Crippen molar-refractivity contribution >= 4 is 28.7 Å². The predicted octanol–water partition coefficient (Wildman–Crippen LogP) is 3.68. The van der Waals surface area contributed by atoms with Gasteiger partial charge in [-0.05, 0) is 36.4 Å². The minimum absolute atomic E-state index is 0.357. The zero-order valence-corrected chi connectivity index (χ0v) is 10.0. The van der Waals surface area contributed by atoms with Gasteiger partial charge in [0.15, 0.2) is 0 Å². The van der Waals surface area contributed by atoms with E-state index in [4.69, 9.17) is 22.6 Å². The van der Waals surface area contributed by atoms with Crippen LogP contribution in [-0.2, 0) is 0 Å². The van der Waals surface area contributed by atoms with Crippen LogP contribution >= 0.6 is 11.6 Å². The number of hydrogen-bond acceptors (Lipinski definition) is 3. The summed E-state index contributed by atoms with van der Waals surface area (Å²) in [5.74, 6) is -0.386. The Labute approximate surface area is 109 Å². The van der Waals surface area contributed by atoms with Crippen LogP contribution in [0.2, 0.25) is 5.02 Å². The standard InChI is InChI=1S/C13H9ClFN3/c14-11-4-2-9(15)5-13(11)18-10-3-1-8(7-16)12(17)6-10/h1-6,18H,17H2. The molecule has 2 aromatic carbocycles. The van der Waals surface area contributed by atoms with Gasteiger partial charge >= 0.3 is 0 Å². The molecule has 0 spiro atoms. The molecule has 0 amide bonds. The van der Waals surface area contributed by atoms with Crippen molar-refractivity contribution in [1.82, 2.24) is 0 Å². The third-order valence-electron chi connectivity index (χ3n) is 2.38. The van der Waals surface area contributed by atoms with Gasteiger partial charge in [-0.1, -0.05) is 11.6 Å². The molecule has 0 aliphatic rings. The molecule has 3 nitrogen and oxygen atoms in total. The summed E-state index contributed by atoms with van der Waals surface area (Å²) in [6, 6.07) is 10.9. The lowest BCUT2D eigenvalue weighted by Gasteiger charge is -2.09. The van der Waals surface area contributed by atoms with Crippen molar-refractivity contribution in [2.45, 2.75) is 0 Å². The summed E-state index contributed by atoms with van der Waals surface area (Å²) in [7, 11) is 0. The van der Waals surface area contributed by atoms with Crippen molar-refractivity contribution in [2.75, 3.05) is 11.1 Å². The first kappa shape index (κ1) is 12.2. The van der Waals surface area contributed by atoms with E-state index in [9.17, 15) is 4.39 Å². The number of halogens is 2. The highest BCUT2D eigenvalue weighted by Crippen LogP contribution is 2.27. The zero-order valence-electron chi connectivity index (χ0n) is 9.24. The number of anilines is 3. The maximum atomic E-state index is 13.1. The van der Waals surface area contributed by atoms with Gasteiger partial charge in [-0.25, -0.2) is 4.39 Å². The van der Waals surface area contributed by atoms with Crippen LogP contribution < -0.4 is 11.1 Å². The summed E-state index contributed by atoms with van der Waals surface area (Å²) in [4.78, 5) is 0. The highest BCUT2D eigenvalue weighted by atomic mass is 35.5. The second-order valence-corrected chi connectivity index (χ2v) is 4.07. The van der Waals surface area contributed by atoms with E-state index >= 15 is 0 Å². The fourth-order valence-electron chi connectivity index (χ4n) is 1.49. The summed E-state index contributed by atoms with van der Waals surface area (Å²) in [5.41, 5.74) is 7.52. The van der Waals surface area contributed by atoms with Crippen LogP contribution in [-0.4, -0.2) is 0 Å². The predicted molar refractivity (Wildman–Crippen MR) is 70.3 cm³/mol. The Balaban J connectivity index is 2.32. The SMILES string of the molecule is N#Cc1ccc(Nc2cc(F)ccc2Cl)cc1N. The molecule has 0 fully saturated rings. The number of hydrogen-bond donors (Lipinski definition) is 2. The highest BCUT2D eigenvalue weighted by molar-refractivity contribution is 6.33. The summed E-state index contributed by atoms with van der Waals surface area (Å²) in [5, 5.41) is 12.1. The largest absolute Gasteiger partial charge is 0.398 e. The van der Waals surface area contributed by atoms with Gasteiger partial charge in [0.25, 0.3) is 0 Å². The number of nitrogens with one attached hydrogen (secondary N) is 1. The summed E-state index contributed by atoms with van der Waals surface area (Å²) >= 11 is 5.93. The molecule has 0 radical (unpaired) electrons. The number of nitriles is 1. The summed E-state index contributed by atoms with van der Waals surface area (Å²) in [6.07, 6.45) is 0. The Kier molecular flexibility index (Phi) is 3.35. The van der Waals surface area contributed by atoms with Crippen molar-refractivity contribution in [3.63, 3.8) is 0 Å². The first-order valence-corrected chi connectivity index (χ1v) is 5.49. The molecule has 0 atom stereocenters. The average Bonchev–Trinajstić information content (AvgIpc) is 2.34. The highest BCUT2D eigenvalue weighted by Gasteiger charge is 2.04. The van der Waals surface area contributed by atoms with Gasteiger partial charge in [0.2, 0.25) is 0 Å². The second kappa shape index (κ2) is 4.94. The van der Waals surface area contributed by atoms with Crippen LogP contribution in [0.1, 0.15) is 5.56 Å². The van der Waals surface area contributed by atoms with E-state index in [0.29, 0.717) is 27.6 Å². The van der Waals surface area contributed by atoms with Gasteiger partial charge in [0, 0.05) is 5.69 Å². The van der Waals surface area contributed by atoms with Gasteiger partial charge in [0.1, 0.15) is 11.9 Å². The number of benzene rings is 2. The van der Waals surface area contributed by atoms with Crippen LogP contribution in [0.3, 0.4) is 0 Å². The molecule has 0 aliphatic carbocycles. The molecule has 0 bridgehead atoms. The minimum atomic E-state index is -0.386. The lowest BCUT2D eigenvalue weighted by atomic mass is 10.1. The van der Waals surface area contributed by atoms with E-state index < -0.39 is 0 Å². The van der Waals surface area contributed by atoms with E-state index in [1.165, 1.54) is 18.2 Å². The monoisotopic (exact) mass is 261 g/mol. The average molecular weight is 262 g/mol. The van der Waals surface area contributed by atoms with E-state index in [1.54, 1.807) is 18.2 Å². The van der Waals surface area contributed by atoms with Gasteiger partial charge in [-0.2, -0.15) is 5.26 Å². The lowest BCUT2D eigenvalue weighted by molar-refractivity contribution is 0.628. The van der Waals surface area contributed by atoms with Crippen molar-refractivity contribution in [2.24, 2.45) is 0 Å². The molecule has 2 rings (SSSR count). The molecule has 18 heavy (non-hydrogen) atoms. The number of rotatable bonds is 2. The fourth-order valence-corrected chi connectivity index (χ4v) is 1.66. The van der Waals surface area contributed by atoms with Crippen LogP contribution in [0.4, 0.5) is 21.5 Å². The first-order chi connectivity index (χ1) is 8.60. The third-order valence-corrected chi connectivity index (χ3v) is 2.71. The van der Waals surface area contributed by atoms with Gasteiger partial charge in [-0.15, -0.1) is 0 Å². The van der Waals surface area contributed by atoms with E-state index in [1.807, 2.05) is 6.07 Å². The van der Waals surface area contributed by atoms with E-state index in [0.717, 1.165) is 0 Å². The molecule has 0 saturated heterocycles. The first-order valence-electron chi connectivity index (χ1n) is 5.12. The molecule has 3 N–H and O–H groups in total. The zero-order chi connectivity index (χ0) is 13.1. The molecule has 0 unspecified atom stereocenters.